The van der Waals surface area contributed by atoms with Crippen LogP contribution in [0.3, 0.4) is 0 Å². The normalized spacial score (nSPS) is 14.5. The van der Waals surface area contributed by atoms with E-state index in [0.717, 1.165) is 33.9 Å². The number of hydrogen-bond acceptors (Lipinski definition) is 4. The second kappa shape index (κ2) is 9.27. The molecule has 43 heavy (non-hydrogen) atoms. The highest BCUT2D eigenvalue weighted by Crippen LogP contribution is 2.52. The Morgan fingerprint density at radius 1 is 0.581 bits per heavy atom. The summed E-state index contributed by atoms with van der Waals surface area (Å²) in [6.45, 7) is 4.39. The summed E-state index contributed by atoms with van der Waals surface area (Å²) in [4.78, 5) is 28.3. The summed E-state index contributed by atoms with van der Waals surface area (Å²) >= 11 is 0. The van der Waals surface area contributed by atoms with Gasteiger partial charge in [-0.2, -0.15) is 0 Å². The lowest BCUT2D eigenvalue weighted by atomic mass is 9.82. The van der Waals surface area contributed by atoms with Gasteiger partial charge in [-0.05, 0) is 70.9 Å². The van der Waals surface area contributed by atoms with Crippen molar-refractivity contribution in [2.75, 3.05) is 4.90 Å². The molecular weight excluding hydrogens is 530 g/mol. The fraction of sp³-hybridized carbons (Fsp3) is 0.0769. The average Bonchev–Trinajstić information content (AvgIpc) is 3.63. The number of furan rings is 1. The summed E-state index contributed by atoms with van der Waals surface area (Å²) < 4.78 is 6.37. The molecule has 0 saturated heterocycles. The molecule has 2 aliphatic carbocycles. The molecule has 8 rings (SSSR count). The Balaban J connectivity index is 1.21. The maximum atomic E-state index is 13.0. The highest BCUT2D eigenvalue weighted by Gasteiger charge is 2.40. The van der Waals surface area contributed by atoms with Crippen molar-refractivity contribution in [2.24, 2.45) is 0 Å². The van der Waals surface area contributed by atoms with E-state index >= 15 is 0 Å². The van der Waals surface area contributed by atoms with Crippen LogP contribution in [0.4, 0.5) is 17.1 Å². The predicted octanol–water partition coefficient (Wildman–Crippen LogP) is 9.67. The fourth-order valence-electron chi connectivity index (χ4n) is 6.56. The van der Waals surface area contributed by atoms with Crippen molar-refractivity contribution in [2.45, 2.75) is 19.3 Å². The zero-order valence-electron chi connectivity index (χ0n) is 23.8. The number of anilines is 3. The number of hydrogen-bond donors (Lipinski definition) is 0. The van der Waals surface area contributed by atoms with E-state index in [9.17, 15) is 9.59 Å². The molecule has 0 spiro atoms. The molecule has 0 fully saturated rings. The van der Waals surface area contributed by atoms with E-state index in [0.29, 0.717) is 16.9 Å². The molecular formula is C39H27NO3. The van der Waals surface area contributed by atoms with E-state index in [1.807, 2.05) is 12.1 Å². The molecule has 0 amide bonds. The van der Waals surface area contributed by atoms with Crippen molar-refractivity contribution >= 4 is 45.5 Å². The Morgan fingerprint density at radius 2 is 1.21 bits per heavy atom. The molecule has 5 aromatic carbocycles. The molecule has 2 aliphatic rings. The summed E-state index contributed by atoms with van der Waals surface area (Å²) in [5.41, 5.74) is 7.14. The standard InChI is InChI=1S/C39H27NO3/c1-39(2)34-21-28(40(26-12-4-3-5-13-26)27-17-16-24-10-6-7-11-25(24)20-27)18-19-32(34)38-35(39)23-29(43-38)22-33-36(41)30-14-8-9-15-31(30)37(33)42/h3-23H,1-2H3. The lowest BCUT2D eigenvalue weighted by molar-refractivity contribution is 0.0990. The smallest absolute Gasteiger partial charge is 0.197 e. The lowest BCUT2D eigenvalue weighted by Crippen LogP contribution is -2.16. The SMILES string of the molecule is CC1(C)c2cc(N(c3ccccc3)c3ccc4ccccc4c3)ccc2-c2oc(C=C3C(=O)c4ccccc4C3=O)cc21. The molecule has 0 bridgehead atoms. The van der Waals surface area contributed by atoms with Crippen LogP contribution in [0.1, 0.15) is 51.5 Å². The van der Waals surface area contributed by atoms with Gasteiger partial charge in [0.2, 0.25) is 0 Å². The number of Topliss-reactive ketones (excluding diaryl/α,β-unsaturated/α-hetero) is 2. The molecule has 0 unspecified atom stereocenters. The van der Waals surface area contributed by atoms with Crippen molar-refractivity contribution in [3.8, 4) is 11.3 Å². The molecule has 0 aliphatic heterocycles. The van der Waals surface area contributed by atoms with E-state index in [2.05, 4.69) is 104 Å². The molecule has 1 aromatic heterocycles. The van der Waals surface area contributed by atoms with E-state index in [1.165, 1.54) is 16.3 Å². The van der Waals surface area contributed by atoms with Crippen LogP contribution < -0.4 is 4.90 Å². The van der Waals surface area contributed by atoms with E-state index in [-0.39, 0.29) is 22.6 Å². The number of carbonyl (C=O) groups is 2. The number of rotatable bonds is 4. The number of carbonyl (C=O) groups excluding carboxylic acids is 2. The summed E-state index contributed by atoms with van der Waals surface area (Å²) in [5.74, 6) is 0.789. The third kappa shape index (κ3) is 3.84. The highest BCUT2D eigenvalue weighted by atomic mass is 16.3. The fourth-order valence-corrected chi connectivity index (χ4v) is 6.56. The summed E-state index contributed by atoms with van der Waals surface area (Å²) in [7, 11) is 0. The van der Waals surface area contributed by atoms with Crippen LogP contribution in [0.2, 0.25) is 0 Å². The summed E-state index contributed by atoms with van der Waals surface area (Å²) in [6, 6.07) is 40.8. The van der Waals surface area contributed by atoms with Crippen LogP contribution in [-0.4, -0.2) is 11.6 Å². The van der Waals surface area contributed by atoms with Crippen molar-refractivity contribution in [3.63, 3.8) is 0 Å². The van der Waals surface area contributed by atoms with Crippen LogP contribution in [0, 0.1) is 0 Å². The Hall–Kier alpha value is -5.48. The van der Waals surface area contributed by atoms with E-state index in [1.54, 1.807) is 30.3 Å². The number of para-hydroxylation sites is 1. The molecule has 0 radical (unpaired) electrons. The Labute approximate surface area is 249 Å². The number of nitrogens with zero attached hydrogens (tertiary/aromatic N) is 1. The van der Waals surface area contributed by atoms with Gasteiger partial charge in [-0.25, -0.2) is 0 Å². The number of fused-ring (bicyclic) bond motifs is 5. The van der Waals surface area contributed by atoms with Gasteiger partial charge in [0.15, 0.2) is 11.6 Å². The number of ketones is 2. The molecule has 4 nitrogen and oxygen atoms in total. The van der Waals surface area contributed by atoms with E-state index < -0.39 is 0 Å². The quantitative estimate of drug-likeness (QED) is 0.160. The van der Waals surface area contributed by atoms with Crippen LogP contribution in [0.5, 0.6) is 0 Å². The van der Waals surface area contributed by atoms with E-state index in [4.69, 9.17) is 4.42 Å². The maximum Gasteiger partial charge on any atom is 0.197 e. The van der Waals surface area contributed by atoms with Gasteiger partial charge in [-0.3, -0.25) is 9.59 Å². The van der Waals surface area contributed by atoms with Crippen molar-refractivity contribution in [1.82, 2.24) is 0 Å². The van der Waals surface area contributed by atoms with Crippen LogP contribution in [0.15, 0.2) is 131 Å². The van der Waals surface area contributed by atoms with Gasteiger partial charge >= 0.3 is 0 Å². The Bertz CT molecular complexity index is 2110. The average molecular weight is 558 g/mol. The van der Waals surface area contributed by atoms with Gasteiger partial charge in [-0.15, -0.1) is 0 Å². The van der Waals surface area contributed by atoms with Crippen LogP contribution in [-0.2, 0) is 5.41 Å². The Morgan fingerprint density at radius 3 is 1.95 bits per heavy atom. The van der Waals surface area contributed by atoms with Gasteiger partial charge in [0.1, 0.15) is 11.5 Å². The molecule has 1 heterocycles. The molecule has 0 N–H and O–H groups in total. The van der Waals surface area contributed by atoms with Gasteiger partial charge in [0.05, 0.1) is 5.57 Å². The zero-order chi connectivity index (χ0) is 29.3. The van der Waals surface area contributed by atoms with Crippen LogP contribution in [0.25, 0.3) is 28.2 Å². The molecule has 4 heteroatoms. The minimum atomic E-state index is -0.348. The van der Waals surface area contributed by atoms with Gasteiger partial charge in [-0.1, -0.05) is 86.6 Å². The highest BCUT2D eigenvalue weighted by molar-refractivity contribution is 6.41. The molecule has 0 saturated carbocycles. The van der Waals surface area contributed by atoms with Crippen molar-refractivity contribution in [1.29, 1.82) is 0 Å². The zero-order valence-corrected chi connectivity index (χ0v) is 23.8. The Kier molecular flexibility index (Phi) is 5.44. The monoisotopic (exact) mass is 557 g/mol. The van der Waals surface area contributed by atoms with Crippen LogP contribution >= 0.6 is 0 Å². The maximum absolute atomic E-state index is 13.0. The van der Waals surface area contributed by atoms with Gasteiger partial charge < -0.3 is 9.32 Å². The van der Waals surface area contributed by atoms with Crippen molar-refractivity contribution < 1.29 is 14.0 Å². The first-order valence-corrected chi connectivity index (χ1v) is 14.4. The molecule has 206 valence electrons. The minimum Gasteiger partial charge on any atom is -0.456 e. The first-order chi connectivity index (χ1) is 20.9. The largest absolute Gasteiger partial charge is 0.456 e. The number of benzene rings is 5. The first kappa shape index (κ1) is 25.2. The van der Waals surface area contributed by atoms with Crippen molar-refractivity contribution in [3.05, 3.63) is 155 Å². The second-order valence-electron chi connectivity index (χ2n) is 11.7. The predicted molar refractivity (Wildman–Crippen MR) is 172 cm³/mol. The second-order valence-corrected chi connectivity index (χ2v) is 11.7. The van der Waals surface area contributed by atoms with Gasteiger partial charge in [0.25, 0.3) is 0 Å². The topological polar surface area (TPSA) is 50.5 Å². The number of allylic oxidation sites excluding steroid dienone is 1. The minimum absolute atomic E-state index is 0.149. The first-order valence-electron chi connectivity index (χ1n) is 14.4. The molecule has 0 atom stereocenters. The van der Waals surface area contributed by atoms with Gasteiger partial charge in [0, 0.05) is 44.7 Å². The lowest BCUT2D eigenvalue weighted by Gasteiger charge is -2.28. The summed E-state index contributed by atoms with van der Waals surface area (Å²) in [5, 5.41) is 2.39. The third-order valence-electron chi connectivity index (χ3n) is 8.80. The molecule has 6 aromatic rings. The third-order valence-corrected chi connectivity index (χ3v) is 8.80. The summed E-state index contributed by atoms with van der Waals surface area (Å²) in [6.07, 6.45) is 1.60.